The van der Waals surface area contributed by atoms with E-state index in [-0.39, 0.29) is 5.41 Å². The molecule has 2 rings (SSSR count). The molecule has 0 atom stereocenters. The van der Waals surface area contributed by atoms with Crippen molar-refractivity contribution in [1.82, 2.24) is 9.78 Å². The van der Waals surface area contributed by atoms with Gasteiger partial charge >= 0.3 is 0 Å². The third kappa shape index (κ3) is 2.89. The number of nitrogens with zero attached hydrogens (tertiary/aromatic N) is 2. The zero-order chi connectivity index (χ0) is 14.2. The van der Waals surface area contributed by atoms with Crippen LogP contribution in [0, 0.1) is 6.92 Å². The van der Waals surface area contributed by atoms with Crippen molar-refractivity contribution in [2.45, 2.75) is 33.1 Å². The summed E-state index contributed by atoms with van der Waals surface area (Å²) in [5.74, 6) is 1.24. The molecule has 0 bridgehead atoms. The summed E-state index contributed by atoms with van der Waals surface area (Å²) >= 11 is 0. The Morgan fingerprint density at radius 1 is 1.26 bits per heavy atom. The highest BCUT2D eigenvalue weighted by Gasteiger charge is 2.15. The van der Waals surface area contributed by atoms with Crippen LogP contribution >= 0.6 is 0 Å². The molecule has 0 saturated heterocycles. The highest BCUT2D eigenvalue weighted by molar-refractivity contribution is 5.49. The smallest absolute Gasteiger partial charge is 0.261 e. The van der Waals surface area contributed by atoms with Gasteiger partial charge in [-0.25, -0.2) is 0 Å². The van der Waals surface area contributed by atoms with Crippen molar-refractivity contribution in [1.29, 1.82) is 0 Å². The van der Waals surface area contributed by atoms with Gasteiger partial charge in [-0.15, -0.1) is 5.10 Å². The van der Waals surface area contributed by atoms with E-state index in [1.807, 2.05) is 20.0 Å². The molecular weight excluding hydrogens is 238 g/mol. The number of rotatable bonds is 2. The maximum absolute atomic E-state index is 5.83. The molecule has 1 heterocycles. The number of aryl methyl sites for hydroxylation is 2. The van der Waals surface area contributed by atoms with Crippen molar-refractivity contribution >= 4 is 5.69 Å². The van der Waals surface area contributed by atoms with Crippen LogP contribution in [0.25, 0.3) is 0 Å². The Bertz CT molecular complexity index is 594. The largest absolute Gasteiger partial charge is 0.436 e. The standard InChI is InChI=1S/C15H21N3O/c1-10-8-11(15(2,3)4)6-7-13(10)19-14-12(16)9-18(5)17-14/h6-9H,16H2,1-5H3. The van der Waals surface area contributed by atoms with E-state index in [9.17, 15) is 0 Å². The summed E-state index contributed by atoms with van der Waals surface area (Å²) in [4.78, 5) is 0. The number of ether oxygens (including phenoxy) is 1. The first kappa shape index (κ1) is 13.5. The Morgan fingerprint density at radius 3 is 2.42 bits per heavy atom. The molecule has 1 aromatic heterocycles. The van der Waals surface area contributed by atoms with Gasteiger partial charge in [-0.2, -0.15) is 0 Å². The monoisotopic (exact) mass is 259 g/mol. The first-order chi connectivity index (χ1) is 8.77. The third-order valence-electron chi connectivity index (χ3n) is 3.07. The first-order valence-corrected chi connectivity index (χ1v) is 6.35. The zero-order valence-electron chi connectivity index (χ0n) is 12.2. The lowest BCUT2D eigenvalue weighted by Gasteiger charge is -2.20. The van der Waals surface area contributed by atoms with Gasteiger partial charge in [0.2, 0.25) is 0 Å². The van der Waals surface area contributed by atoms with Crippen LogP contribution in [0.2, 0.25) is 0 Å². The fraction of sp³-hybridized carbons (Fsp3) is 0.400. The second kappa shape index (κ2) is 4.61. The summed E-state index contributed by atoms with van der Waals surface area (Å²) in [7, 11) is 1.82. The maximum atomic E-state index is 5.83. The molecule has 19 heavy (non-hydrogen) atoms. The maximum Gasteiger partial charge on any atom is 0.261 e. The van der Waals surface area contributed by atoms with E-state index in [2.05, 4.69) is 38.0 Å². The Balaban J connectivity index is 2.30. The molecule has 2 N–H and O–H groups in total. The molecule has 4 heteroatoms. The molecular formula is C15H21N3O. The van der Waals surface area contributed by atoms with Gasteiger partial charge in [0.25, 0.3) is 5.88 Å². The van der Waals surface area contributed by atoms with Crippen LogP contribution < -0.4 is 10.5 Å². The Kier molecular flexibility index (Phi) is 3.27. The second-order valence-electron chi connectivity index (χ2n) is 5.90. The minimum Gasteiger partial charge on any atom is -0.436 e. The van der Waals surface area contributed by atoms with Crippen molar-refractivity contribution in [2.75, 3.05) is 5.73 Å². The molecule has 0 saturated carbocycles. The minimum absolute atomic E-state index is 0.132. The molecule has 1 aromatic carbocycles. The van der Waals surface area contributed by atoms with Crippen LogP contribution in [-0.2, 0) is 12.5 Å². The van der Waals surface area contributed by atoms with Gasteiger partial charge in [0.05, 0.1) is 6.20 Å². The molecule has 2 aromatic rings. The Labute approximate surface area is 114 Å². The van der Waals surface area contributed by atoms with Crippen LogP contribution in [-0.4, -0.2) is 9.78 Å². The summed E-state index contributed by atoms with van der Waals surface area (Å²) in [6.07, 6.45) is 1.73. The number of hydrogen-bond donors (Lipinski definition) is 1. The van der Waals surface area contributed by atoms with Gasteiger partial charge in [0, 0.05) is 7.05 Å². The van der Waals surface area contributed by atoms with Gasteiger partial charge < -0.3 is 10.5 Å². The molecule has 0 aliphatic rings. The van der Waals surface area contributed by atoms with Gasteiger partial charge in [-0.1, -0.05) is 32.9 Å². The van der Waals surface area contributed by atoms with Gasteiger partial charge in [-0.05, 0) is 29.5 Å². The van der Waals surface area contributed by atoms with E-state index in [0.29, 0.717) is 11.6 Å². The van der Waals surface area contributed by atoms with Crippen LogP contribution in [0.1, 0.15) is 31.9 Å². The van der Waals surface area contributed by atoms with Gasteiger partial charge in [0.1, 0.15) is 11.4 Å². The average molecular weight is 259 g/mol. The second-order valence-corrected chi connectivity index (χ2v) is 5.90. The fourth-order valence-corrected chi connectivity index (χ4v) is 1.90. The van der Waals surface area contributed by atoms with E-state index >= 15 is 0 Å². The molecule has 0 amide bonds. The first-order valence-electron chi connectivity index (χ1n) is 6.35. The van der Waals surface area contributed by atoms with Crippen LogP contribution in [0.4, 0.5) is 5.69 Å². The highest BCUT2D eigenvalue weighted by atomic mass is 16.5. The number of benzene rings is 1. The number of anilines is 1. The predicted octanol–water partition coefficient (Wildman–Crippen LogP) is 3.40. The summed E-state index contributed by atoms with van der Waals surface area (Å²) in [5.41, 5.74) is 8.87. The van der Waals surface area contributed by atoms with Gasteiger partial charge in [0.15, 0.2) is 0 Å². The number of nitrogens with two attached hydrogens (primary N) is 1. The lowest BCUT2D eigenvalue weighted by Crippen LogP contribution is -2.11. The summed E-state index contributed by atoms with van der Waals surface area (Å²) in [6, 6.07) is 6.21. The highest BCUT2D eigenvalue weighted by Crippen LogP contribution is 2.31. The topological polar surface area (TPSA) is 53.1 Å². The lowest BCUT2D eigenvalue weighted by molar-refractivity contribution is 0.451. The fourth-order valence-electron chi connectivity index (χ4n) is 1.90. The molecule has 4 nitrogen and oxygen atoms in total. The lowest BCUT2D eigenvalue weighted by atomic mass is 9.86. The number of aromatic nitrogens is 2. The van der Waals surface area contributed by atoms with Crippen LogP contribution in [0.5, 0.6) is 11.6 Å². The number of nitrogen functional groups attached to an aromatic ring is 1. The Hall–Kier alpha value is -1.97. The molecule has 0 aliphatic carbocycles. The quantitative estimate of drug-likeness (QED) is 0.899. The zero-order valence-corrected chi connectivity index (χ0v) is 12.2. The summed E-state index contributed by atoms with van der Waals surface area (Å²) < 4.78 is 7.41. The Morgan fingerprint density at radius 2 is 1.95 bits per heavy atom. The SMILES string of the molecule is Cc1cc(C(C)(C)C)ccc1Oc1nn(C)cc1N. The van der Waals surface area contributed by atoms with Crippen molar-refractivity contribution in [2.24, 2.45) is 7.05 Å². The third-order valence-corrected chi connectivity index (χ3v) is 3.07. The molecule has 0 spiro atoms. The van der Waals surface area contributed by atoms with E-state index in [1.165, 1.54) is 5.56 Å². The van der Waals surface area contributed by atoms with E-state index < -0.39 is 0 Å². The van der Waals surface area contributed by atoms with Crippen LogP contribution in [0.3, 0.4) is 0 Å². The molecule has 0 fully saturated rings. The molecule has 0 aliphatic heterocycles. The minimum atomic E-state index is 0.132. The molecule has 0 unspecified atom stereocenters. The summed E-state index contributed by atoms with van der Waals surface area (Å²) in [6.45, 7) is 8.61. The van der Waals surface area contributed by atoms with Gasteiger partial charge in [-0.3, -0.25) is 4.68 Å². The van der Waals surface area contributed by atoms with Crippen LogP contribution in [0.15, 0.2) is 24.4 Å². The predicted molar refractivity (Wildman–Crippen MR) is 77.6 cm³/mol. The van der Waals surface area contributed by atoms with Crippen molar-refractivity contribution in [3.8, 4) is 11.6 Å². The van der Waals surface area contributed by atoms with Crippen molar-refractivity contribution < 1.29 is 4.74 Å². The van der Waals surface area contributed by atoms with Crippen molar-refractivity contribution in [3.05, 3.63) is 35.5 Å². The molecule has 102 valence electrons. The molecule has 0 radical (unpaired) electrons. The van der Waals surface area contributed by atoms with E-state index in [1.54, 1.807) is 10.9 Å². The van der Waals surface area contributed by atoms with E-state index in [4.69, 9.17) is 10.5 Å². The normalized spacial score (nSPS) is 11.6. The van der Waals surface area contributed by atoms with Crippen molar-refractivity contribution in [3.63, 3.8) is 0 Å². The number of hydrogen-bond acceptors (Lipinski definition) is 3. The average Bonchev–Trinajstić information content (AvgIpc) is 2.59. The summed E-state index contributed by atoms with van der Waals surface area (Å²) in [5, 5.41) is 4.19. The van der Waals surface area contributed by atoms with E-state index in [0.717, 1.165) is 11.3 Å².